The number of halogens is 2. The van der Waals surface area contributed by atoms with Crippen LogP contribution in [0.1, 0.15) is 0 Å². The molecule has 0 radical (unpaired) electrons. The number of nitrogens with zero attached hydrogens (tertiary/aromatic N) is 2. The zero-order chi connectivity index (χ0) is 14.7. The van der Waals surface area contributed by atoms with Crippen LogP contribution in [0.3, 0.4) is 0 Å². The van der Waals surface area contributed by atoms with Gasteiger partial charge >= 0.3 is 0 Å². The van der Waals surface area contributed by atoms with Gasteiger partial charge in [-0.1, -0.05) is 11.6 Å². The highest BCUT2D eigenvalue weighted by atomic mass is 35.5. The lowest BCUT2D eigenvalue weighted by Crippen LogP contribution is -2.09. The van der Waals surface area contributed by atoms with Gasteiger partial charge in [0.05, 0.1) is 22.1 Å². The Balaban J connectivity index is 2.34. The standard InChI is InChI=1S/C11H8ClFN4O3/c12-8-5-7(1-2-9(8)13)20-11-4-6(17(18)19)3-10(15-11)16-14/h1-5H,14H2,(H,15,16). The number of nitro groups is 1. The second-order valence-corrected chi connectivity index (χ2v) is 4.04. The fourth-order valence-electron chi connectivity index (χ4n) is 1.38. The zero-order valence-corrected chi connectivity index (χ0v) is 10.6. The quantitative estimate of drug-likeness (QED) is 0.511. The van der Waals surface area contributed by atoms with Crippen molar-refractivity contribution in [2.75, 3.05) is 5.43 Å². The predicted octanol–water partition coefficient (Wildman–Crippen LogP) is 2.86. The number of anilines is 1. The van der Waals surface area contributed by atoms with Crippen molar-refractivity contribution in [3.8, 4) is 11.6 Å². The lowest BCUT2D eigenvalue weighted by Gasteiger charge is -2.07. The van der Waals surface area contributed by atoms with E-state index < -0.39 is 10.7 Å². The summed E-state index contributed by atoms with van der Waals surface area (Å²) in [6.45, 7) is 0. The highest BCUT2D eigenvalue weighted by Gasteiger charge is 2.13. The average molecular weight is 299 g/mol. The van der Waals surface area contributed by atoms with Gasteiger partial charge in [-0.05, 0) is 12.1 Å². The second kappa shape index (κ2) is 5.68. The van der Waals surface area contributed by atoms with E-state index in [0.717, 1.165) is 18.2 Å². The molecule has 0 aliphatic carbocycles. The Morgan fingerprint density at radius 1 is 1.40 bits per heavy atom. The van der Waals surface area contributed by atoms with Gasteiger partial charge < -0.3 is 10.2 Å². The molecule has 2 aromatic rings. The first kappa shape index (κ1) is 14.0. The van der Waals surface area contributed by atoms with Crippen LogP contribution in [0.5, 0.6) is 11.6 Å². The smallest absolute Gasteiger partial charge is 0.278 e. The van der Waals surface area contributed by atoms with Gasteiger partial charge in [0.1, 0.15) is 11.6 Å². The Bertz CT molecular complexity index is 668. The highest BCUT2D eigenvalue weighted by Crippen LogP contribution is 2.28. The van der Waals surface area contributed by atoms with Crippen molar-refractivity contribution in [3.63, 3.8) is 0 Å². The highest BCUT2D eigenvalue weighted by molar-refractivity contribution is 6.30. The van der Waals surface area contributed by atoms with Crippen LogP contribution < -0.4 is 16.0 Å². The minimum atomic E-state index is -0.618. The van der Waals surface area contributed by atoms with Crippen LogP contribution in [0.15, 0.2) is 30.3 Å². The molecule has 9 heteroatoms. The van der Waals surface area contributed by atoms with Crippen molar-refractivity contribution in [2.24, 2.45) is 5.84 Å². The molecule has 104 valence electrons. The Morgan fingerprint density at radius 3 is 2.75 bits per heavy atom. The summed E-state index contributed by atoms with van der Waals surface area (Å²) in [5, 5.41) is 10.6. The molecule has 0 bridgehead atoms. The normalized spacial score (nSPS) is 10.2. The van der Waals surface area contributed by atoms with Gasteiger partial charge in [-0.2, -0.15) is 4.98 Å². The summed E-state index contributed by atoms with van der Waals surface area (Å²) >= 11 is 5.60. The number of ether oxygens (including phenoxy) is 1. The molecule has 0 amide bonds. The number of nitrogens with two attached hydrogens (primary N) is 1. The topological polar surface area (TPSA) is 103 Å². The molecule has 2 rings (SSSR count). The Labute approximate surface area is 117 Å². The van der Waals surface area contributed by atoms with Gasteiger partial charge in [-0.3, -0.25) is 10.1 Å². The van der Waals surface area contributed by atoms with E-state index in [1.54, 1.807) is 0 Å². The number of pyridine rings is 1. The molecule has 20 heavy (non-hydrogen) atoms. The van der Waals surface area contributed by atoms with E-state index in [1.807, 2.05) is 0 Å². The van der Waals surface area contributed by atoms with Gasteiger partial charge in [0.25, 0.3) is 5.69 Å². The molecular formula is C11H8ClFN4O3. The number of rotatable bonds is 4. The molecule has 0 atom stereocenters. The van der Waals surface area contributed by atoms with Crippen molar-refractivity contribution < 1.29 is 14.1 Å². The predicted molar refractivity (Wildman–Crippen MR) is 70.2 cm³/mol. The number of hydrogen-bond donors (Lipinski definition) is 2. The molecule has 0 spiro atoms. The number of nitrogens with one attached hydrogen (secondary N) is 1. The Hall–Kier alpha value is -2.45. The van der Waals surface area contributed by atoms with Crippen molar-refractivity contribution >= 4 is 23.1 Å². The monoisotopic (exact) mass is 298 g/mol. The maximum atomic E-state index is 13.0. The fourth-order valence-corrected chi connectivity index (χ4v) is 1.55. The molecule has 0 aliphatic rings. The van der Waals surface area contributed by atoms with Gasteiger partial charge in [0, 0.05) is 6.07 Å². The van der Waals surface area contributed by atoms with Gasteiger partial charge in [0.15, 0.2) is 5.82 Å². The molecule has 3 N–H and O–H groups in total. The largest absolute Gasteiger partial charge is 0.439 e. The SMILES string of the molecule is NNc1cc([N+](=O)[O-])cc(Oc2ccc(F)c(Cl)c2)n1. The van der Waals surface area contributed by atoms with Gasteiger partial charge in [-0.25, -0.2) is 10.2 Å². The van der Waals surface area contributed by atoms with Crippen LogP contribution in [0, 0.1) is 15.9 Å². The van der Waals surface area contributed by atoms with E-state index in [-0.39, 0.29) is 28.2 Å². The third kappa shape index (κ3) is 3.11. The third-order valence-corrected chi connectivity index (χ3v) is 2.55. The molecule has 0 unspecified atom stereocenters. The summed E-state index contributed by atoms with van der Waals surface area (Å²) in [6, 6.07) is 5.91. The second-order valence-electron chi connectivity index (χ2n) is 3.63. The summed E-state index contributed by atoms with van der Waals surface area (Å²) in [5.41, 5.74) is 1.93. The number of aromatic nitrogens is 1. The van der Waals surface area contributed by atoms with E-state index >= 15 is 0 Å². The van der Waals surface area contributed by atoms with Crippen molar-refractivity contribution in [1.29, 1.82) is 0 Å². The van der Waals surface area contributed by atoms with E-state index in [9.17, 15) is 14.5 Å². The number of hydrazine groups is 1. The van der Waals surface area contributed by atoms with Crippen LogP contribution in [0.4, 0.5) is 15.9 Å². The molecule has 0 fully saturated rings. The van der Waals surface area contributed by atoms with E-state index in [4.69, 9.17) is 22.2 Å². The molecule has 1 aromatic heterocycles. The Kier molecular flexibility index (Phi) is 3.97. The van der Waals surface area contributed by atoms with Crippen molar-refractivity contribution in [1.82, 2.24) is 4.98 Å². The average Bonchev–Trinajstić information content (AvgIpc) is 2.42. The first-order valence-electron chi connectivity index (χ1n) is 5.25. The summed E-state index contributed by atoms with van der Waals surface area (Å²) in [7, 11) is 0. The molecule has 0 aliphatic heterocycles. The van der Waals surface area contributed by atoms with E-state index in [0.29, 0.717) is 0 Å². The number of hydrogen-bond acceptors (Lipinski definition) is 6. The maximum absolute atomic E-state index is 13.0. The van der Waals surface area contributed by atoms with Crippen LogP contribution in [-0.2, 0) is 0 Å². The molecule has 1 aromatic carbocycles. The fraction of sp³-hybridized carbons (Fsp3) is 0. The van der Waals surface area contributed by atoms with Crippen LogP contribution in [0.25, 0.3) is 0 Å². The zero-order valence-electron chi connectivity index (χ0n) is 9.84. The van der Waals surface area contributed by atoms with E-state index in [1.165, 1.54) is 12.1 Å². The molecular weight excluding hydrogens is 291 g/mol. The number of nitrogen functional groups attached to an aromatic ring is 1. The minimum Gasteiger partial charge on any atom is -0.439 e. The van der Waals surface area contributed by atoms with Gasteiger partial charge in [0.2, 0.25) is 5.88 Å². The van der Waals surface area contributed by atoms with Crippen molar-refractivity contribution in [3.05, 3.63) is 51.3 Å². The summed E-state index contributed by atoms with van der Waals surface area (Å²) < 4.78 is 18.3. The number of benzene rings is 1. The summed E-state index contributed by atoms with van der Waals surface area (Å²) in [5.74, 6) is 4.73. The summed E-state index contributed by atoms with van der Waals surface area (Å²) in [4.78, 5) is 14.0. The Morgan fingerprint density at radius 2 is 2.15 bits per heavy atom. The van der Waals surface area contributed by atoms with Crippen LogP contribution in [-0.4, -0.2) is 9.91 Å². The molecule has 1 heterocycles. The van der Waals surface area contributed by atoms with Crippen LogP contribution in [0.2, 0.25) is 5.02 Å². The molecule has 0 saturated carbocycles. The van der Waals surface area contributed by atoms with E-state index in [2.05, 4.69) is 10.4 Å². The molecule has 0 saturated heterocycles. The first-order chi connectivity index (χ1) is 9.49. The first-order valence-corrected chi connectivity index (χ1v) is 5.63. The summed E-state index contributed by atoms with van der Waals surface area (Å²) in [6.07, 6.45) is 0. The van der Waals surface area contributed by atoms with Crippen LogP contribution >= 0.6 is 11.6 Å². The maximum Gasteiger partial charge on any atom is 0.278 e. The lowest BCUT2D eigenvalue weighted by atomic mass is 10.3. The van der Waals surface area contributed by atoms with Gasteiger partial charge in [-0.15, -0.1) is 0 Å². The third-order valence-electron chi connectivity index (χ3n) is 2.26. The lowest BCUT2D eigenvalue weighted by molar-refractivity contribution is -0.384. The minimum absolute atomic E-state index is 0.0578. The molecule has 7 nitrogen and oxygen atoms in total. The van der Waals surface area contributed by atoms with Crippen molar-refractivity contribution in [2.45, 2.75) is 0 Å².